The minimum Gasteiger partial charge on any atom is -0.358 e. The van der Waals surface area contributed by atoms with E-state index in [0.717, 1.165) is 60.3 Å². The Kier molecular flexibility index (Phi) is 4.07. The number of carbonyl (C=O) groups is 1. The van der Waals surface area contributed by atoms with Crippen molar-refractivity contribution in [2.24, 2.45) is 13.0 Å². The molecule has 1 aliphatic rings. The van der Waals surface area contributed by atoms with Crippen molar-refractivity contribution < 1.29 is 4.79 Å². The highest BCUT2D eigenvalue weighted by molar-refractivity contribution is 6.08. The van der Waals surface area contributed by atoms with E-state index >= 15 is 0 Å². The van der Waals surface area contributed by atoms with Crippen LogP contribution in [0.25, 0.3) is 10.9 Å². The first-order valence-corrected chi connectivity index (χ1v) is 8.96. The Morgan fingerprint density at radius 2 is 2.20 bits per heavy atom. The van der Waals surface area contributed by atoms with Crippen molar-refractivity contribution in [1.82, 2.24) is 19.4 Å². The number of benzene rings is 1. The number of hydrogen-bond acceptors (Lipinski definition) is 2. The second-order valence-electron chi connectivity index (χ2n) is 7.09. The Morgan fingerprint density at radius 1 is 1.36 bits per heavy atom. The van der Waals surface area contributed by atoms with E-state index in [9.17, 15) is 4.79 Å². The molecule has 3 heterocycles. The summed E-state index contributed by atoms with van der Waals surface area (Å²) >= 11 is 0. The summed E-state index contributed by atoms with van der Waals surface area (Å²) in [6.45, 7) is 3.64. The van der Waals surface area contributed by atoms with Crippen molar-refractivity contribution in [2.75, 3.05) is 13.1 Å². The van der Waals surface area contributed by atoms with Crippen molar-refractivity contribution >= 4 is 16.8 Å². The fraction of sp³-hybridized carbons (Fsp3) is 0.400. The summed E-state index contributed by atoms with van der Waals surface area (Å²) in [4.78, 5) is 23.0. The Balaban J connectivity index is 1.55. The van der Waals surface area contributed by atoms with Gasteiger partial charge in [0.2, 0.25) is 0 Å². The normalized spacial score (nSPS) is 18.0. The molecule has 5 nitrogen and oxygen atoms in total. The van der Waals surface area contributed by atoms with Crippen LogP contribution in [-0.2, 0) is 13.5 Å². The Morgan fingerprint density at radius 3 is 3.00 bits per heavy atom. The number of carbonyl (C=O) groups excluding carboxylic acids is 1. The maximum Gasteiger partial charge on any atom is 0.256 e. The largest absolute Gasteiger partial charge is 0.358 e. The van der Waals surface area contributed by atoms with Gasteiger partial charge in [-0.15, -0.1) is 0 Å². The third-order valence-corrected chi connectivity index (χ3v) is 5.31. The highest BCUT2D eigenvalue weighted by Crippen LogP contribution is 2.26. The van der Waals surface area contributed by atoms with Gasteiger partial charge in [0.25, 0.3) is 5.91 Å². The van der Waals surface area contributed by atoms with Gasteiger partial charge in [0, 0.05) is 55.5 Å². The molecule has 1 saturated heterocycles. The molecule has 0 radical (unpaired) electrons. The van der Waals surface area contributed by atoms with Crippen LogP contribution in [0.4, 0.5) is 0 Å². The molecule has 0 bridgehead atoms. The predicted molar refractivity (Wildman–Crippen MR) is 98.6 cm³/mol. The fourth-order valence-corrected chi connectivity index (χ4v) is 3.98. The number of amides is 1. The number of nitrogens with one attached hydrogen (secondary N) is 1. The van der Waals surface area contributed by atoms with Crippen LogP contribution in [-0.4, -0.2) is 38.4 Å². The van der Waals surface area contributed by atoms with E-state index in [-0.39, 0.29) is 5.91 Å². The van der Waals surface area contributed by atoms with Gasteiger partial charge in [-0.2, -0.15) is 0 Å². The summed E-state index contributed by atoms with van der Waals surface area (Å²) in [5.74, 6) is 1.73. The number of aromatic amines is 1. The van der Waals surface area contributed by atoms with Gasteiger partial charge >= 0.3 is 0 Å². The molecule has 0 spiro atoms. The lowest BCUT2D eigenvalue weighted by molar-refractivity contribution is 0.0673. The predicted octanol–water partition coefficient (Wildman–Crippen LogP) is 3.30. The minimum absolute atomic E-state index is 0.152. The molecule has 130 valence electrons. The summed E-state index contributed by atoms with van der Waals surface area (Å²) in [6, 6.07) is 8.05. The number of aryl methyl sites for hydroxylation is 2. The molecule has 1 atom stereocenters. The van der Waals surface area contributed by atoms with Crippen LogP contribution in [0.3, 0.4) is 0 Å². The number of hydrogen-bond donors (Lipinski definition) is 1. The molecule has 2 aromatic heterocycles. The minimum atomic E-state index is 0.152. The standard InChI is InChI=1S/C20H24N4O/c1-14-19(16-7-3-4-8-17(16)22-14)20(25)24-10-5-6-15(13-24)12-18-21-9-11-23(18)2/h3-4,7-9,11,15,22H,5-6,10,12-13H2,1-2H3. The molecule has 0 aliphatic carbocycles. The molecule has 5 heteroatoms. The first kappa shape index (κ1) is 15.9. The van der Waals surface area contributed by atoms with Gasteiger partial charge in [-0.3, -0.25) is 4.79 Å². The van der Waals surface area contributed by atoms with Gasteiger partial charge in [0.1, 0.15) is 5.82 Å². The number of fused-ring (bicyclic) bond motifs is 1. The average molecular weight is 336 g/mol. The van der Waals surface area contributed by atoms with Gasteiger partial charge < -0.3 is 14.5 Å². The number of nitrogens with zero attached hydrogens (tertiary/aromatic N) is 3. The van der Waals surface area contributed by atoms with E-state index in [1.165, 1.54) is 0 Å². The third-order valence-electron chi connectivity index (χ3n) is 5.31. The van der Waals surface area contributed by atoms with Crippen LogP contribution in [0, 0.1) is 12.8 Å². The first-order valence-electron chi connectivity index (χ1n) is 8.96. The van der Waals surface area contributed by atoms with E-state index < -0.39 is 0 Å². The van der Waals surface area contributed by atoms with Crippen molar-refractivity contribution in [3.05, 3.63) is 53.7 Å². The molecule has 3 aromatic rings. The fourth-order valence-electron chi connectivity index (χ4n) is 3.98. The van der Waals surface area contributed by atoms with Gasteiger partial charge in [-0.05, 0) is 31.7 Å². The van der Waals surface area contributed by atoms with Crippen molar-refractivity contribution in [2.45, 2.75) is 26.2 Å². The Bertz CT molecular complexity index is 907. The lowest BCUT2D eigenvalue weighted by Gasteiger charge is -2.32. The second kappa shape index (κ2) is 6.39. The van der Waals surface area contributed by atoms with Gasteiger partial charge in [-0.25, -0.2) is 4.98 Å². The number of piperidine rings is 1. The van der Waals surface area contributed by atoms with Crippen LogP contribution in [0.1, 0.15) is 34.7 Å². The van der Waals surface area contributed by atoms with E-state index in [1.54, 1.807) is 0 Å². The van der Waals surface area contributed by atoms with Crippen LogP contribution >= 0.6 is 0 Å². The monoisotopic (exact) mass is 336 g/mol. The molecule has 1 N–H and O–H groups in total. The summed E-state index contributed by atoms with van der Waals surface area (Å²) < 4.78 is 2.07. The Labute approximate surface area is 147 Å². The van der Waals surface area contributed by atoms with E-state index in [4.69, 9.17) is 0 Å². The maximum atomic E-state index is 13.2. The molecule has 4 rings (SSSR count). The highest BCUT2D eigenvalue weighted by atomic mass is 16.2. The summed E-state index contributed by atoms with van der Waals surface area (Å²) in [5.41, 5.74) is 2.82. The van der Waals surface area contributed by atoms with Gasteiger partial charge in [-0.1, -0.05) is 18.2 Å². The van der Waals surface area contributed by atoms with Crippen LogP contribution < -0.4 is 0 Å². The molecule has 1 aliphatic heterocycles. The number of likely N-dealkylation sites (tertiary alicyclic amines) is 1. The van der Waals surface area contributed by atoms with E-state index in [1.807, 2.05) is 55.5 Å². The number of H-pyrrole nitrogens is 1. The van der Waals surface area contributed by atoms with Crippen LogP contribution in [0.15, 0.2) is 36.7 Å². The zero-order valence-electron chi connectivity index (χ0n) is 14.8. The molecule has 1 amide bonds. The third kappa shape index (κ3) is 2.95. The van der Waals surface area contributed by atoms with Gasteiger partial charge in [0.15, 0.2) is 0 Å². The number of aromatic nitrogens is 3. The number of imidazole rings is 1. The zero-order chi connectivity index (χ0) is 17.4. The summed E-state index contributed by atoms with van der Waals surface area (Å²) in [6.07, 6.45) is 6.97. The lowest BCUT2D eigenvalue weighted by atomic mass is 9.93. The summed E-state index contributed by atoms with van der Waals surface area (Å²) in [5, 5.41) is 1.02. The average Bonchev–Trinajstić information content (AvgIpc) is 3.17. The van der Waals surface area contributed by atoms with Crippen LogP contribution in [0.5, 0.6) is 0 Å². The lowest BCUT2D eigenvalue weighted by Crippen LogP contribution is -2.40. The summed E-state index contributed by atoms with van der Waals surface area (Å²) in [7, 11) is 2.03. The molecular formula is C20H24N4O. The van der Waals surface area contributed by atoms with Crippen molar-refractivity contribution in [1.29, 1.82) is 0 Å². The molecule has 25 heavy (non-hydrogen) atoms. The SMILES string of the molecule is Cc1[nH]c2ccccc2c1C(=O)N1CCCC(Cc2nccn2C)C1. The van der Waals surface area contributed by atoms with Crippen LogP contribution in [0.2, 0.25) is 0 Å². The molecule has 0 saturated carbocycles. The van der Waals surface area contributed by atoms with Crippen molar-refractivity contribution in [3.63, 3.8) is 0 Å². The Hall–Kier alpha value is -2.56. The van der Waals surface area contributed by atoms with Crippen molar-refractivity contribution in [3.8, 4) is 0 Å². The molecular weight excluding hydrogens is 312 g/mol. The maximum absolute atomic E-state index is 13.2. The molecule has 1 fully saturated rings. The first-order chi connectivity index (χ1) is 12.1. The van der Waals surface area contributed by atoms with E-state index in [2.05, 4.69) is 14.5 Å². The number of para-hydroxylation sites is 1. The molecule has 1 unspecified atom stereocenters. The smallest absolute Gasteiger partial charge is 0.256 e. The van der Waals surface area contributed by atoms with E-state index in [0.29, 0.717) is 5.92 Å². The number of rotatable bonds is 3. The molecule has 1 aromatic carbocycles. The zero-order valence-corrected chi connectivity index (χ0v) is 14.8. The quantitative estimate of drug-likeness (QED) is 0.798. The topological polar surface area (TPSA) is 53.9 Å². The van der Waals surface area contributed by atoms with Gasteiger partial charge in [0.05, 0.1) is 5.56 Å². The second-order valence-corrected chi connectivity index (χ2v) is 7.09. The highest BCUT2D eigenvalue weighted by Gasteiger charge is 2.27.